The van der Waals surface area contributed by atoms with Gasteiger partial charge in [0.1, 0.15) is 12.5 Å². The van der Waals surface area contributed by atoms with Gasteiger partial charge in [-0.05, 0) is 85.0 Å². The zero-order valence-electron chi connectivity index (χ0n) is 15.2. The van der Waals surface area contributed by atoms with E-state index in [0.29, 0.717) is 18.3 Å². The number of rotatable bonds is 4. The van der Waals surface area contributed by atoms with Crippen LogP contribution in [0.5, 0.6) is 5.75 Å². The number of hydrogen-bond donors (Lipinski definition) is 0. The molecule has 0 heterocycles. The first-order valence-electron chi connectivity index (χ1n) is 9.44. The second-order valence-electron chi connectivity index (χ2n) is 8.16. The van der Waals surface area contributed by atoms with Crippen LogP contribution >= 0.6 is 0 Å². The van der Waals surface area contributed by atoms with Crippen molar-refractivity contribution in [2.24, 2.45) is 17.3 Å². The molecule has 1 aromatic rings. The van der Waals surface area contributed by atoms with Crippen LogP contribution in [0.25, 0.3) is 0 Å². The van der Waals surface area contributed by atoms with Crippen molar-refractivity contribution in [3.8, 4) is 5.75 Å². The molecule has 3 aliphatic carbocycles. The molecule has 5 atom stereocenters. The van der Waals surface area contributed by atoms with Gasteiger partial charge >= 0.3 is 0 Å². The van der Waals surface area contributed by atoms with Crippen LogP contribution < -0.4 is 4.74 Å². The second kappa shape index (κ2) is 6.34. The van der Waals surface area contributed by atoms with Crippen LogP contribution in [0, 0.1) is 17.3 Å². The van der Waals surface area contributed by atoms with E-state index in [1.54, 1.807) is 19.8 Å². The zero-order chi connectivity index (χ0) is 16.7. The van der Waals surface area contributed by atoms with E-state index in [1.807, 2.05) is 0 Å². The molecule has 0 spiro atoms. The van der Waals surface area contributed by atoms with E-state index in [1.165, 1.54) is 44.1 Å². The fraction of sp³-hybridized carbons (Fsp3) is 0.714. The number of methoxy groups -OCH3 is 2. The molecular weight excluding hydrogens is 300 g/mol. The summed E-state index contributed by atoms with van der Waals surface area (Å²) in [6.45, 7) is 2.91. The Bertz CT molecular complexity index is 599. The number of fused-ring (bicyclic) bond motifs is 5. The fourth-order valence-electron chi connectivity index (χ4n) is 6.06. The van der Waals surface area contributed by atoms with Crippen molar-refractivity contribution in [2.45, 2.75) is 57.5 Å². The van der Waals surface area contributed by atoms with Gasteiger partial charge < -0.3 is 14.2 Å². The van der Waals surface area contributed by atoms with Gasteiger partial charge in [-0.15, -0.1) is 0 Å². The maximum Gasteiger partial charge on any atom is 0.146 e. The Morgan fingerprint density at radius 1 is 1.12 bits per heavy atom. The first-order chi connectivity index (χ1) is 11.7. The van der Waals surface area contributed by atoms with Crippen molar-refractivity contribution in [3.05, 3.63) is 29.3 Å². The maximum absolute atomic E-state index is 6.07. The van der Waals surface area contributed by atoms with Gasteiger partial charge in [0, 0.05) is 7.11 Å². The van der Waals surface area contributed by atoms with E-state index in [-0.39, 0.29) is 0 Å². The van der Waals surface area contributed by atoms with Crippen molar-refractivity contribution in [2.75, 3.05) is 21.0 Å². The highest BCUT2D eigenvalue weighted by Crippen LogP contribution is 2.61. The molecule has 5 unspecified atom stereocenters. The molecule has 0 aromatic heterocycles. The van der Waals surface area contributed by atoms with Gasteiger partial charge in [-0.25, -0.2) is 0 Å². The normalized spacial score (nSPS) is 37.5. The number of aryl methyl sites for hydroxylation is 1. The topological polar surface area (TPSA) is 27.7 Å². The predicted molar refractivity (Wildman–Crippen MR) is 94.4 cm³/mol. The molecule has 3 heteroatoms. The molecule has 24 heavy (non-hydrogen) atoms. The van der Waals surface area contributed by atoms with Crippen molar-refractivity contribution < 1.29 is 14.2 Å². The summed E-state index contributed by atoms with van der Waals surface area (Å²) in [5.74, 6) is 3.36. The quantitative estimate of drug-likeness (QED) is 0.759. The first kappa shape index (κ1) is 16.4. The van der Waals surface area contributed by atoms with E-state index in [0.717, 1.165) is 23.5 Å². The Kier molecular flexibility index (Phi) is 4.34. The highest BCUT2D eigenvalue weighted by molar-refractivity contribution is 5.40. The monoisotopic (exact) mass is 330 g/mol. The van der Waals surface area contributed by atoms with Gasteiger partial charge in [0.15, 0.2) is 0 Å². The Morgan fingerprint density at radius 3 is 2.79 bits per heavy atom. The van der Waals surface area contributed by atoms with Gasteiger partial charge in [-0.3, -0.25) is 0 Å². The summed E-state index contributed by atoms with van der Waals surface area (Å²) in [6.07, 6.45) is 7.98. The molecule has 0 N–H and O–H groups in total. The van der Waals surface area contributed by atoms with Crippen LogP contribution in [0.4, 0.5) is 0 Å². The SMILES string of the molecule is COCOC1CCC2C3CCc4cc(OC)ccc4C3CCC12C. The summed E-state index contributed by atoms with van der Waals surface area (Å²) in [5, 5.41) is 0. The lowest BCUT2D eigenvalue weighted by Crippen LogP contribution is -2.44. The third-order valence-electron chi connectivity index (χ3n) is 7.23. The summed E-state index contributed by atoms with van der Waals surface area (Å²) in [4.78, 5) is 0. The minimum absolute atomic E-state index is 0.337. The highest BCUT2D eigenvalue weighted by atomic mass is 16.7. The molecule has 0 saturated heterocycles. The van der Waals surface area contributed by atoms with Crippen LogP contribution in [0.3, 0.4) is 0 Å². The number of benzene rings is 1. The standard InChI is InChI=1S/C21H30O3/c1-21-11-10-17-16-7-5-15(23-3)12-14(16)4-6-18(17)19(21)8-9-20(21)24-13-22-2/h5,7,12,17-20H,4,6,8-11,13H2,1-3H3. The van der Waals surface area contributed by atoms with Crippen LogP contribution in [0.15, 0.2) is 18.2 Å². The minimum Gasteiger partial charge on any atom is -0.497 e. The Balaban J connectivity index is 1.58. The summed E-state index contributed by atoms with van der Waals surface area (Å²) < 4.78 is 16.7. The molecule has 0 aliphatic heterocycles. The van der Waals surface area contributed by atoms with E-state index in [2.05, 4.69) is 25.1 Å². The first-order valence-corrected chi connectivity index (χ1v) is 9.44. The molecular formula is C21H30O3. The maximum atomic E-state index is 6.07. The van der Waals surface area contributed by atoms with Crippen molar-refractivity contribution in [3.63, 3.8) is 0 Å². The van der Waals surface area contributed by atoms with Crippen LogP contribution in [0.1, 0.15) is 56.1 Å². The average Bonchev–Trinajstić information content (AvgIpc) is 2.95. The molecule has 0 radical (unpaired) electrons. The Morgan fingerprint density at radius 2 is 2.00 bits per heavy atom. The van der Waals surface area contributed by atoms with Crippen LogP contribution in [-0.4, -0.2) is 27.1 Å². The van der Waals surface area contributed by atoms with E-state index in [4.69, 9.17) is 14.2 Å². The van der Waals surface area contributed by atoms with E-state index >= 15 is 0 Å². The largest absolute Gasteiger partial charge is 0.497 e. The average molecular weight is 330 g/mol. The fourth-order valence-corrected chi connectivity index (χ4v) is 6.06. The van der Waals surface area contributed by atoms with Crippen molar-refractivity contribution in [1.82, 2.24) is 0 Å². The molecule has 1 aromatic carbocycles. The highest BCUT2D eigenvalue weighted by Gasteiger charge is 2.55. The van der Waals surface area contributed by atoms with Gasteiger partial charge in [-0.2, -0.15) is 0 Å². The molecule has 3 nitrogen and oxygen atoms in total. The summed E-state index contributed by atoms with van der Waals surface area (Å²) in [7, 11) is 3.48. The minimum atomic E-state index is 0.337. The van der Waals surface area contributed by atoms with Crippen LogP contribution in [0.2, 0.25) is 0 Å². The third kappa shape index (κ3) is 2.48. The zero-order valence-corrected chi connectivity index (χ0v) is 15.2. The van der Waals surface area contributed by atoms with Gasteiger partial charge in [0.25, 0.3) is 0 Å². The third-order valence-corrected chi connectivity index (χ3v) is 7.23. The number of hydrogen-bond acceptors (Lipinski definition) is 3. The molecule has 0 amide bonds. The number of ether oxygens (including phenoxy) is 3. The van der Waals surface area contributed by atoms with Crippen molar-refractivity contribution in [1.29, 1.82) is 0 Å². The van der Waals surface area contributed by atoms with Gasteiger partial charge in [0.05, 0.1) is 13.2 Å². The second-order valence-corrected chi connectivity index (χ2v) is 8.16. The lowest BCUT2D eigenvalue weighted by atomic mass is 9.55. The summed E-state index contributed by atoms with van der Waals surface area (Å²) in [6, 6.07) is 6.74. The predicted octanol–water partition coefficient (Wildman–Crippen LogP) is 4.54. The van der Waals surface area contributed by atoms with E-state index < -0.39 is 0 Å². The Hall–Kier alpha value is -1.06. The lowest BCUT2D eigenvalue weighted by molar-refractivity contribution is -0.125. The summed E-state index contributed by atoms with van der Waals surface area (Å²) >= 11 is 0. The summed E-state index contributed by atoms with van der Waals surface area (Å²) in [5.41, 5.74) is 3.45. The molecule has 3 aliphatic rings. The Labute approximate surface area is 145 Å². The van der Waals surface area contributed by atoms with Gasteiger partial charge in [-0.1, -0.05) is 13.0 Å². The van der Waals surface area contributed by atoms with Crippen molar-refractivity contribution >= 4 is 0 Å². The molecule has 2 fully saturated rings. The van der Waals surface area contributed by atoms with E-state index in [9.17, 15) is 0 Å². The molecule has 2 saturated carbocycles. The molecule has 132 valence electrons. The van der Waals surface area contributed by atoms with Gasteiger partial charge in [0.2, 0.25) is 0 Å². The molecule has 0 bridgehead atoms. The lowest BCUT2D eigenvalue weighted by Gasteiger charge is -2.50. The molecule has 4 rings (SSSR count). The smallest absolute Gasteiger partial charge is 0.146 e. The van der Waals surface area contributed by atoms with Crippen LogP contribution in [-0.2, 0) is 15.9 Å².